The second-order valence-electron chi connectivity index (χ2n) is 7.15. The smallest absolute Gasteiger partial charge is 0.336 e. The van der Waals surface area contributed by atoms with Crippen molar-refractivity contribution in [3.8, 4) is 23.3 Å². The largest absolute Gasteiger partial charge is 0.478 e. The van der Waals surface area contributed by atoms with Crippen LogP contribution in [-0.2, 0) is 6.42 Å². The van der Waals surface area contributed by atoms with E-state index in [-0.39, 0.29) is 30.8 Å². The highest BCUT2D eigenvalue weighted by Gasteiger charge is 2.34. The third kappa shape index (κ3) is 2.95. The molecule has 28 heavy (non-hydrogen) atoms. The molecule has 2 aromatic carbocycles. The average molecular weight is 374 g/mol. The number of rotatable bonds is 5. The van der Waals surface area contributed by atoms with E-state index in [9.17, 15) is 30.6 Å². The van der Waals surface area contributed by atoms with E-state index >= 15 is 0 Å². The molecule has 0 atom stereocenters. The number of hydrogen-bond acceptors (Lipinski definition) is 5. The third-order valence-corrected chi connectivity index (χ3v) is 5.09. The van der Waals surface area contributed by atoms with E-state index in [1.54, 1.807) is 37.3 Å². The monoisotopic (exact) mass is 374 g/mol. The topological polar surface area (TPSA) is 125 Å². The SMILES string of the molecule is CC(CO)(CO)Cc1ccc(C(=O)O)c2c1C(=C(C#N)C#N)c1ccccc1-2. The minimum absolute atomic E-state index is 0.0751. The Morgan fingerprint density at radius 2 is 1.61 bits per heavy atom. The van der Waals surface area contributed by atoms with Crippen LogP contribution in [0.3, 0.4) is 0 Å². The number of hydrogen-bond donors (Lipinski definition) is 3. The number of carbonyl (C=O) groups is 1. The fourth-order valence-corrected chi connectivity index (χ4v) is 3.61. The Bertz CT molecular complexity index is 1070. The highest BCUT2D eigenvalue weighted by molar-refractivity contribution is 6.11. The summed E-state index contributed by atoms with van der Waals surface area (Å²) in [4.78, 5) is 11.9. The van der Waals surface area contributed by atoms with Crippen molar-refractivity contribution in [2.75, 3.05) is 13.2 Å². The maximum atomic E-state index is 11.9. The second kappa shape index (κ2) is 7.28. The highest BCUT2D eigenvalue weighted by Crippen LogP contribution is 2.49. The number of aliphatic hydroxyl groups is 2. The van der Waals surface area contributed by atoms with E-state index in [1.165, 1.54) is 6.07 Å². The molecule has 1 aliphatic rings. The third-order valence-electron chi connectivity index (χ3n) is 5.09. The Hall–Kier alpha value is -3.45. The van der Waals surface area contributed by atoms with Crippen LogP contribution in [0.25, 0.3) is 16.7 Å². The van der Waals surface area contributed by atoms with Crippen molar-refractivity contribution in [3.05, 3.63) is 64.2 Å². The number of nitriles is 2. The van der Waals surface area contributed by atoms with Gasteiger partial charge in [0.15, 0.2) is 0 Å². The van der Waals surface area contributed by atoms with E-state index < -0.39 is 11.4 Å². The number of aromatic carboxylic acids is 1. The van der Waals surface area contributed by atoms with Crippen molar-refractivity contribution in [2.45, 2.75) is 13.3 Å². The van der Waals surface area contributed by atoms with Gasteiger partial charge in [0, 0.05) is 16.6 Å². The molecular weight excluding hydrogens is 356 g/mol. The van der Waals surface area contributed by atoms with Crippen LogP contribution in [-0.4, -0.2) is 34.5 Å². The molecule has 0 amide bonds. The highest BCUT2D eigenvalue weighted by atomic mass is 16.4. The average Bonchev–Trinajstić information content (AvgIpc) is 3.05. The molecule has 0 saturated heterocycles. The molecule has 0 bridgehead atoms. The van der Waals surface area contributed by atoms with Gasteiger partial charge in [0.05, 0.1) is 18.8 Å². The van der Waals surface area contributed by atoms with E-state index in [4.69, 9.17) is 0 Å². The molecule has 3 rings (SSSR count). The van der Waals surface area contributed by atoms with Gasteiger partial charge in [-0.1, -0.05) is 37.3 Å². The molecule has 0 aromatic heterocycles. The molecule has 0 saturated carbocycles. The molecule has 6 nitrogen and oxygen atoms in total. The maximum absolute atomic E-state index is 11.9. The van der Waals surface area contributed by atoms with E-state index in [0.717, 1.165) is 0 Å². The summed E-state index contributed by atoms with van der Waals surface area (Å²) in [6.45, 7) is 1.17. The predicted molar refractivity (Wildman–Crippen MR) is 102 cm³/mol. The first-order chi connectivity index (χ1) is 13.4. The number of nitrogens with zero attached hydrogens (tertiary/aromatic N) is 2. The fraction of sp³-hybridized carbons (Fsp3) is 0.227. The maximum Gasteiger partial charge on any atom is 0.336 e. The number of fused-ring (bicyclic) bond motifs is 3. The normalized spacial score (nSPS) is 12.0. The van der Waals surface area contributed by atoms with Crippen molar-refractivity contribution in [1.82, 2.24) is 0 Å². The van der Waals surface area contributed by atoms with Crippen LogP contribution in [0.5, 0.6) is 0 Å². The van der Waals surface area contributed by atoms with Gasteiger partial charge in [-0.3, -0.25) is 0 Å². The van der Waals surface area contributed by atoms with Crippen molar-refractivity contribution in [1.29, 1.82) is 10.5 Å². The lowest BCUT2D eigenvalue weighted by Crippen LogP contribution is -2.29. The van der Waals surface area contributed by atoms with Crippen LogP contribution in [0.4, 0.5) is 0 Å². The van der Waals surface area contributed by atoms with Gasteiger partial charge in [-0.15, -0.1) is 0 Å². The van der Waals surface area contributed by atoms with Gasteiger partial charge in [-0.25, -0.2) is 4.79 Å². The van der Waals surface area contributed by atoms with E-state index in [1.807, 2.05) is 12.1 Å². The summed E-state index contributed by atoms with van der Waals surface area (Å²) in [5.74, 6) is -1.11. The minimum Gasteiger partial charge on any atom is -0.478 e. The molecular formula is C22H18N2O4. The number of allylic oxidation sites excluding steroid dienone is 1. The van der Waals surface area contributed by atoms with Gasteiger partial charge in [0.1, 0.15) is 17.7 Å². The molecule has 6 heteroatoms. The zero-order valence-corrected chi connectivity index (χ0v) is 15.2. The standard InChI is InChI=1S/C22H18N2O4/c1-22(11-25,12-26)8-13-6-7-17(21(27)28)20-16-5-3-2-4-15(16)18(19(13)20)14(9-23)10-24/h2-7,25-26H,8,11-12H2,1H3,(H,27,28). The van der Waals surface area contributed by atoms with Crippen LogP contribution in [0, 0.1) is 28.1 Å². The van der Waals surface area contributed by atoms with Crippen molar-refractivity contribution in [2.24, 2.45) is 5.41 Å². The lowest BCUT2D eigenvalue weighted by molar-refractivity contribution is 0.0691. The summed E-state index contributed by atoms with van der Waals surface area (Å²) >= 11 is 0. The van der Waals surface area contributed by atoms with Gasteiger partial charge >= 0.3 is 5.97 Å². The minimum atomic E-state index is -1.11. The Labute approximate surface area is 162 Å². The molecule has 0 radical (unpaired) electrons. The molecule has 140 valence electrons. The summed E-state index contributed by atoms with van der Waals surface area (Å²) in [6.07, 6.45) is 0.254. The van der Waals surface area contributed by atoms with Crippen LogP contribution in [0.15, 0.2) is 42.0 Å². The van der Waals surface area contributed by atoms with Gasteiger partial charge in [-0.2, -0.15) is 10.5 Å². The fourth-order valence-electron chi connectivity index (χ4n) is 3.61. The number of carboxylic acids is 1. The van der Waals surface area contributed by atoms with E-state index in [0.29, 0.717) is 33.4 Å². The molecule has 2 aromatic rings. The van der Waals surface area contributed by atoms with Gasteiger partial charge in [0.25, 0.3) is 0 Å². The zero-order valence-electron chi connectivity index (χ0n) is 15.2. The second-order valence-corrected chi connectivity index (χ2v) is 7.15. The van der Waals surface area contributed by atoms with Gasteiger partial charge in [0.2, 0.25) is 0 Å². The lowest BCUT2D eigenvalue weighted by atomic mass is 9.81. The van der Waals surface area contributed by atoms with Crippen LogP contribution < -0.4 is 0 Å². The number of carboxylic acid groups (broad SMARTS) is 1. The summed E-state index contributed by atoms with van der Waals surface area (Å²) in [6, 6.07) is 14.0. The molecule has 1 aliphatic carbocycles. The van der Waals surface area contributed by atoms with Crippen LogP contribution >= 0.6 is 0 Å². The molecule has 0 unspecified atom stereocenters. The molecule has 3 N–H and O–H groups in total. The van der Waals surface area contributed by atoms with Crippen molar-refractivity contribution in [3.63, 3.8) is 0 Å². The lowest BCUT2D eigenvalue weighted by Gasteiger charge is -2.26. The Morgan fingerprint density at radius 1 is 1.00 bits per heavy atom. The Morgan fingerprint density at radius 3 is 2.14 bits per heavy atom. The molecule has 0 heterocycles. The van der Waals surface area contributed by atoms with E-state index in [2.05, 4.69) is 0 Å². The first-order valence-corrected chi connectivity index (χ1v) is 8.66. The Balaban J connectivity index is 2.44. The molecule has 0 aliphatic heterocycles. The van der Waals surface area contributed by atoms with Crippen LogP contribution in [0.2, 0.25) is 0 Å². The molecule has 0 fully saturated rings. The molecule has 0 spiro atoms. The summed E-state index contributed by atoms with van der Waals surface area (Å²) in [7, 11) is 0. The van der Waals surface area contributed by atoms with Crippen molar-refractivity contribution < 1.29 is 20.1 Å². The predicted octanol–water partition coefficient (Wildman–Crippen LogP) is 2.75. The summed E-state index contributed by atoms with van der Waals surface area (Å²) in [5.41, 5.74) is 2.43. The Kier molecular flexibility index (Phi) is 5.02. The zero-order chi connectivity index (χ0) is 20.5. The number of benzene rings is 2. The van der Waals surface area contributed by atoms with Gasteiger partial charge < -0.3 is 15.3 Å². The first-order valence-electron chi connectivity index (χ1n) is 8.66. The van der Waals surface area contributed by atoms with Crippen LogP contribution in [0.1, 0.15) is 34.0 Å². The summed E-state index contributed by atoms with van der Waals surface area (Å²) in [5, 5.41) is 48.1. The summed E-state index contributed by atoms with van der Waals surface area (Å²) < 4.78 is 0. The number of aliphatic hydroxyl groups excluding tert-OH is 2. The quantitative estimate of drug-likeness (QED) is 0.590. The van der Waals surface area contributed by atoms with Gasteiger partial charge in [-0.05, 0) is 34.7 Å². The first kappa shape index (κ1) is 19.3. The van der Waals surface area contributed by atoms with Crippen molar-refractivity contribution >= 4 is 11.5 Å².